The fourth-order valence-corrected chi connectivity index (χ4v) is 3.88. The molecule has 2 aromatic carbocycles. The predicted octanol–water partition coefficient (Wildman–Crippen LogP) is 3.29. The number of nitrogens with one attached hydrogen (secondary N) is 1. The fourth-order valence-electron chi connectivity index (χ4n) is 3.88. The minimum absolute atomic E-state index is 0.148. The number of aromatic amines is 1. The second-order valence-electron chi connectivity index (χ2n) is 7.93. The van der Waals surface area contributed by atoms with Crippen molar-refractivity contribution in [3.63, 3.8) is 0 Å². The van der Waals surface area contributed by atoms with Gasteiger partial charge >= 0.3 is 0 Å². The van der Waals surface area contributed by atoms with Gasteiger partial charge in [-0.05, 0) is 50.2 Å². The number of amides is 1. The Balaban J connectivity index is 1.65. The van der Waals surface area contributed by atoms with E-state index in [1.54, 1.807) is 11.0 Å². The van der Waals surface area contributed by atoms with Crippen molar-refractivity contribution in [3.8, 4) is 5.75 Å². The zero-order valence-electron chi connectivity index (χ0n) is 18.4. The molecule has 1 saturated heterocycles. The number of aryl methyl sites for hydroxylation is 1. The van der Waals surface area contributed by atoms with E-state index in [9.17, 15) is 9.59 Å². The quantitative estimate of drug-likeness (QED) is 0.615. The third kappa shape index (κ3) is 5.18. The Bertz CT molecular complexity index is 1150. The molecule has 3 aromatic rings. The number of aromatic nitrogens is 1. The third-order valence-electron chi connectivity index (χ3n) is 5.43. The average Bonchev–Trinajstić information content (AvgIpc) is 2.79. The molecule has 1 aromatic heterocycles. The zero-order chi connectivity index (χ0) is 22.5. The standard InChI is InChI=1S/C25H28N2O5/c1-3-31-21-7-8-23-19(13-21)12-20(24(28)26-23)14-27(15-22-16-30-9-10-32-22)25(29)18-6-4-5-17(2)11-18/h4-8,11-13,22H,3,9-10,14-16H2,1-2H3,(H,26,28)/t22-/m1/s1. The molecule has 1 N–H and O–H groups in total. The van der Waals surface area contributed by atoms with Crippen LogP contribution in [0.15, 0.2) is 53.3 Å². The van der Waals surface area contributed by atoms with Crippen LogP contribution in [0.1, 0.15) is 28.4 Å². The van der Waals surface area contributed by atoms with Gasteiger partial charge in [-0.2, -0.15) is 0 Å². The van der Waals surface area contributed by atoms with Crippen LogP contribution in [0.3, 0.4) is 0 Å². The topological polar surface area (TPSA) is 80.9 Å². The summed E-state index contributed by atoms with van der Waals surface area (Å²) in [5.74, 6) is 0.587. The van der Waals surface area contributed by atoms with E-state index < -0.39 is 0 Å². The smallest absolute Gasteiger partial charge is 0.254 e. The molecule has 0 radical (unpaired) electrons. The molecule has 1 atom stereocenters. The second kappa shape index (κ2) is 9.97. The molecule has 7 nitrogen and oxygen atoms in total. The van der Waals surface area contributed by atoms with Crippen molar-refractivity contribution in [3.05, 3.63) is 75.6 Å². The van der Waals surface area contributed by atoms with E-state index in [4.69, 9.17) is 14.2 Å². The minimum Gasteiger partial charge on any atom is -0.494 e. The minimum atomic E-state index is -0.235. The van der Waals surface area contributed by atoms with Crippen LogP contribution < -0.4 is 10.3 Å². The molecule has 0 spiro atoms. The first kappa shape index (κ1) is 22.0. The number of ether oxygens (including phenoxy) is 3. The van der Waals surface area contributed by atoms with E-state index in [1.165, 1.54) is 0 Å². The highest BCUT2D eigenvalue weighted by Crippen LogP contribution is 2.20. The maximum atomic E-state index is 13.4. The predicted molar refractivity (Wildman–Crippen MR) is 122 cm³/mol. The Kier molecular flexibility index (Phi) is 6.87. The molecule has 1 aliphatic rings. The van der Waals surface area contributed by atoms with Crippen LogP contribution in [0.5, 0.6) is 5.75 Å². The Labute approximate surface area is 186 Å². The monoisotopic (exact) mass is 436 g/mol. The number of carbonyl (C=O) groups excluding carboxylic acids is 1. The summed E-state index contributed by atoms with van der Waals surface area (Å²) in [6, 6.07) is 14.8. The number of carbonyl (C=O) groups is 1. The first-order chi connectivity index (χ1) is 15.5. The van der Waals surface area contributed by atoms with Crippen LogP contribution >= 0.6 is 0 Å². The number of nitrogens with zero attached hydrogens (tertiary/aromatic N) is 1. The Morgan fingerprint density at radius 3 is 2.81 bits per heavy atom. The summed E-state index contributed by atoms with van der Waals surface area (Å²) >= 11 is 0. The van der Waals surface area contributed by atoms with Crippen LogP contribution in [-0.4, -0.2) is 54.9 Å². The van der Waals surface area contributed by atoms with Gasteiger partial charge in [0.05, 0.1) is 39.1 Å². The SMILES string of the molecule is CCOc1ccc2[nH]c(=O)c(CN(C[C@@H]3COCCO3)C(=O)c3cccc(C)c3)cc2c1. The molecular weight excluding hydrogens is 408 g/mol. The molecule has 0 unspecified atom stereocenters. The molecule has 0 saturated carbocycles. The van der Waals surface area contributed by atoms with Crippen molar-refractivity contribution in [2.24, 2.45) is 0 Å². The van der Waals surface area contributed by atoms with Gasteiger partial charge in [0.25, 0.3) is 11.5 Å². The maximum Gasteiger partial charge on any atom is 0.254 e. The number of H-pyrrole nitrogens is 1. The molecule has 1 aliphatic heterocycles. The molecule has 1 amide bonds. The lowest BCUT2D eigenvalue weighted by molar-refractivity contribution is -0.0953. The van der Waals surface area contributed by atoms with Crippen molar-refractivity contribution >= 4 is 16.8 Å². The highest BCUT2D eigenvalue weighted by Gasteiger charge is 2.24. The first-order valence-electron chi connectivity index (χ1n) is 10.9. The molecule has 1 fully saturated rings. The lowest BCUT2D eigenvalue weighted by Gasteiger charge is -2.30. The number of pyridine rings is 1. The summed E-state index contributed by atoms with van der Waals surface area (Å²) in [6.45, 7) is 6.40. The Morgan fingerprint density at radius 1 is 1.19 bits per heavy atom. The van der Waals surface area contributed by atoms with Gasteiger partial charge in [0.1, 0.15) is 5.75 Å². The Morgan fingerprint density at radius 2 is 2.06 bits per heavy atom. The summed E-state index contributed by atoms with van der Waals surface area (Å²) in [4.78, 5) is 30.8. The summed E-state index contributed by atoms with van der Waals surface area (Å²) in [5.41, 5.74) is 2.59. The van der Waals surface area contributed by atoms with Crippen LogP contribution in [0.25, 0.3) is 10.9 Å². The van der Waals surface area contributed by atoms with Crippen molar-refractivity contribution in [2.45, 2.75) is 26.5 Å². The molecule has 2 heterocycles. The van der Waals surface area contributed by atoms with Crippen molar-refractivity contribution in [1.82, 2.24) is 9.88 Å². The summed E-state index contributed by atoms with van der Waals surface area (Å²) in [5, 5.41) is 0.853. The summed E-state index contributed by atoms with van der Waals surface area (Å²) in [7, 11) is 0. The molecule has 168 valence electrons. The maximum absolute atomic E-state index is 13.4. The van der Waals surface area contributed by atoms with Gasteiger partial charge in [-0.25, -0.2) is 0 Å². The number of hydrogen-bond acceptors (Lipinski definition) is 5. The third-order valence-corrected chi connectivity index (χ3v) is 5.43. The van der Waals surface area contributed by atoms with Gasteiger partial charge in [0.15, 0.2) is 0 Å². The molecule has 7 heteroatoms. The van der Waals surface area contributed by atoms with Crippen LogP contribution in [-0.2, 0) is 16.0 Å². The summed E-state index contributed by atoms with van der Waals surface area (Å²) < 4.78 is 16.9. The van der Waals surface area contributed by atoms with Gasteiger partial charge in [-0.3, -0.25) is 9.59 Å². The first-order valence-corrected chi connectivity index (χ1v) is 10.9. The summed E-state index contributed by atoms with van der Waals surface area (Å²) in [6.07, 6.45) is -0.235. The molecule has 32 heavy (non-hydrogen) atoms. The normalized spacial score (nSPS) is 16.1. The highest BCUT2D eigenvalue weighted by atomic mass is 16.6. The van der Waals surface area contributed by atoms with E-state index in [0.29, 0.717) is 44.1 Å². The largest absolute Gasteiger partial charge is 0.494 e. The number of fused-ring (bicyclic) bond motifs is 1. The average molecular weight is 437 g/mol. The Hall–Kier alpha value is -3.16. The van der Waals surface area contributed by atoms with Gasteiger partial charge in [-0.15, -0.1) is 0 Å². The van der Waals surface area contributed by atoms with Crippen molar-refractivity contribution < 1.29 is 19.0 Å². The zero-order valence-corrected chi connectivity index (χ0v) is 18.4. The molecular formula is C25H28N2O5. The van der Waals surface area contributed by atoms with E-state index >= 15 is 0 Å². The van der Waals surface area contributed by atoms with Gasteiger partial charge in [0.2, 0.25) is 0 Å². The van der Waals surface area contributed by atoms with Crippen LogP contribution in [0.4, 0.5) is 0 Å². The van der Waals surface area contributed by atoms with Crippen molar-refractivity contribution in [1.29, 1.82) is 0 Å². The van der Waals surface area contributed by atoms with E-state index in [1.807, 2.05) is 56.3 Å². The van der Waals surface area contributed by atoms with Crippen LogP contribution in [0, 0.1) is 6.92 Å². The van der Waals surface area contributed by atoms with E-state index in [2.05, 4.69) is 4.98 Å². The number of benzene rings is 2. The second-order valence-corrected chi connectivity index (χ2v) is 7.93. The molecule has 4 rings (SSSR count). The van der Waals surface area contributed by atoms with E-state index in [0.717, 1.165) is 22.2 Å². The van der Waals surface area contributed by atoms with Crippen LogP contribution in [0.2, 0.25) is 0 Å². The number of rotatable bonds is 7. The fraction of sp³-hybridized carbons (Fsp3) is 0.360. The molecule has 0 bridgehead atoms. The van der Waals surface area contributed by atoms with E-state index in [-0.39, 0.29) is 24.1 Å². The van der Waals surface area contributed by atoms with Gasteiger partial charge < -0.3 is 24.1 Å². The lowest BCUT2D eigenvalue weighted by atomic mass is 10.1. The van der Waals surface area contributed by atoms with Crippen molar-refractivity contribution in [2.75, 3.05) is 33.0 Å². The molecule has 0 aliphatic carbocycles. The van der Waals surface area contributed by atoms with Gasteiger partial charge in [-0.1, -0.05) is 17.7 Å². The van der Waals surface area contributed by atoms with Gasteiger partial charge in [0, 0.05) is 28.6 Å². The lowest BCUT2D eigenvalue weighted by Crippen LogP contribution is -2.43. The number of hydrogen-bond donors (Lipinski definition) is 1. The highest BCUT2D eigenvalue weighted by molar-refractivity contribution is 5.94.